The fourth-order valence-corrected chi connectivity index (χ4v) is 4.83. The molecule has 3 heterocycles. The normalized spacial score (nSPS) is 26.2. The third kappa shape index (κ3) is 4.10. The summed E-state index contributed by atoms with van der Waals surface area (Å²) in [5.74, 6) is 1.18. The fourth-order valence-electron chi connectivity index (χ4n) is 4.83. The van der Waals surface area contributed by atoms with Crippen molar-refractivity contribution in [3.8, 4) is 0 Å². The van der Waals surface area contributed by atoms with E-state index in [9.17, 15) is 4.79 Å². The van der Waals surface area contributed by atoms with Gasteiger partial charge in [0.05, 0.1) is 0 Å². The maximum atomic E-state index is 11.7. The average Bonchev–Trinajstić information content (AvgIpc) is 3.04. The Balaban J connectivity index is 1.28. The van der Waals surface area contributed by atoms with Gasteiger partial charge >= 0.3 is 0 Å². The number of rotatable bonds is 3. The van der Waals surface area contributed by atoms with Gasteiger partial charge in [0, 0.05) is 64.7 Å². The summed E-state index contributed by atoms with van der Waals surface area (Å²) in [5, 5.41) is 6.58. The first-order valence-corrected chi connectivity index (χ1v) is 10.2. The van der Waals surface area contributed by atoms with Gasteiger partial charge in [0.1, 0.15) is 0 Å². The van der Waals surface area contributed by atoms with E-state index in [-0.39, 0.29) is 11.3 Å². The summed E-state index contributed by atoms with van der Waals surface area (Å²) in [6.07, 6.45) is 4.05. The monoisotopic (exact) mass is 369 g/mol. The lowest BCUT2D eigenvalue weighted by Gasteiger charge is -2.41. The van der Waals surface area contributed by atoms with E-state index in [0.29, 0.717) is 6.42 Å². The number of fused-ring (bicyclic) bond motifs is 1. The molecular weight excluding hydrogens is 338 g/mol. The van der Waals surface area contributed by atoms with Crippen LogP contribution in [-0.4, -0.2) is 68.0 Å². The maximum Gasteiger partial charge on any atom is 0.220 e. The van der Waals surface area contributed by atoms with Gasteiger partial charge in [-0.1, -0.05) is 24.3 Å². The van der Waals surface area contributed by atoms with Gasteiger partial charge in [-0.3, -0.25) is 14.7 Å². The molecular formula is C21H31N5O. The zero-order valence-corrected chi connectivity index (χ0v) is 16.3. The van der Waals surface area contributed by atoms with Crippen LogP contribution in [0.3, 0.4) is 0 Å². The highest BCUT2D eigenvalue weighted by Crippen LogP contribution is 2.35. The Hall–Kier alpha value is -2.08. The number of amides is 1. The highest BCUT2D eigenvalue weighted by atomic mass is 16.1. The van der Waals surface area contributed by atoms with Crippen LogP contribution in [0, 0.1) is 5.41 Å². The molecule has 0 bridgehead atoms. The number of piperidine rings is 1. The van der Waals surface area contributed by atoms with Crippen LogP contribution in [0.4, 0.5) is 0 Å². The van der Waals surface area contributed by atoms with Crippen molar-refractivity contribution in [1.29, 1.82) is 0 Å². The largest absolute Gasteiger partial charge is 0.355 e. The number of likely N-dealkylation sites (tertiary alicyclic amines) is 1. The summed E-state index contributed by atoms with van der Waals surface area (Å²) in [4.78, 5) is 21.1. The Kier molecular flexibility index (Phi) is 5.34. The third-order valence-electron chi connectivity index (χ3n) is 6.29. The van der Waals surface area contributed by atoms with Gasteiger partial charge in [0.15, 0.2) is 5.96 Å². The molecule has 0 radical (unpaired) electrons. The van der Waals surface area contributed by atoms with E-state index < -0.39 is 0 Å². The van der Waals surface area contributed by atoms with Gasteiger partial charge < -0.3 is 15.5 Å². The van der Waals surface area contributed by atoms with Crippen LogP contribution in [-0.2, 0) is 17.8 Å². The molecule has 1 atom stereocenters. The second kappa shape index (κ2) is 7.89. The van der Waals surface area contributed by atoms with Crippen molar-refractivity contribution in [1.82, 2.24) is 20.4 Å². The summed E-state index contributed by atoms with van der Waals surface area (Å²) in [7, 11) is 1.86. The number of aliphatic imine (C=N–C) groups is 1. The Morgan fingerprint density at radius 3 is 2.93 bits per heavy atom. The number of hydrogen-bond donors (Lipinski definition) is 2. The van der Waals surface area contributed by atoms with E-state index in [1.165, 1.54) is 11.1 Å². The SMILES string of the molecule is CN=C(NCCN1CCc2ccccc2C1)N1CCCC2(CNC(=O)C2)C1. The van der Waals surface area contributed by atoms with Crippen molar-refractivity contribution in [2.24, 2.45) is 10.4 Å². The Morgan fingerprint density at radius 1 is 1.30 bits per heavy atom. The standard InChI is InChI=1S/C21H31N5O/c1-22-20(26-10-4-8-21(16-26)13-19(27)24-15-21)23-9-12-25-11-7-17-5-2-3-6-18(17)14-25/h2-3,5-6H,4,7-16H2,1H3,(H,22,23)(H,24,27). The molecule has 0 aliphatic carbocycles. The Bertz CT molecular complexity index is 718. The number of hydrogen-bond acceptors (Lipinski definition) is 3. The fraction of sp³-hybridized carbons (Fsp3) is 0.619. The van der Waals surface area contributed by atoms with E-state index in [2.05, 4.69) is 49.7 Å². The van der Waals surface area contributed by atoms with E-state index in [1.807, 2.05) is 7.05 Å². The molecule has 27 heavy (non-hydrogen) atoms. The van der Waals surface area contributed by atoms with E-state index in [1.54, 1.807) is 0 Å². The molecule has 0 aromatic heterocycles. The van der Waals surface area contributed by atoms with Crippen molar-refractivity contribution >= 4 is 11.9 Å². The number of carbonyl (C=O) groups excluding carboxylic acids is 1. The lowest BCUT2D eigenvalue weighted by Crippen LogP contribution is -2.52. The van der Waals surface area contributed by atoms with Gasteiger partial charge in [0.2, 0.25) is 5.91 Å². The molecule has 1 spiro atoms. The van der Waals surface area contributed by atoms with E-state index >= 15 is 0 Å². The predicted octanol–water partition coefficient (Wildman–Crippen LogP) is 1.22. The minimum Gasteiger partial charge on any atom is -0.355 e. The molecule has 2 N–H and O–H groups in total. The van der Waals surface area contributed by atoms with Crippen molar-refractivity contribution in [3.05, 3.63) is 35.4 Å². The number of benzene rings is 1. The van der Waals surface area contributed by atoms with Crippen molar-refractivity contribution in [2.75, 3.05) is 46.3 Å². The lowest BCUT2D eigenvalue weighted by molar-refractivity contribution is -0.119. The van der Waals surface area contributed by atoms with Gasteiger partial charge in [0.25, 0.3) is 0 Å². The number of guanidine groups is 1. The van der Waals surface area contributed by atoms with Crippen LogP contribution in [0.25, 0.3) is 0 Å². The quantitative estimate of drug-likeness (QED) is 0.621. The average molecular weight is 370 g/mol. The molecule has 3 aliphatic heterocycles. The minimum atomic E-state index is 0.101. The Labute approximate surface area is 162 Å². The van der Waals surface area contributed by atoms with Crippen LogP contribution in [0.2, 0.25) is 0 Å². The zero-order chi connectivity index (χ0) is 18.7. The lowest BCUT2D eigenvalue weighted by atomic mass is 9.79. The number of nitrogens with one attached hydrogen (secondary N) is 2. The summed E-state index contributed by atoms with van der Waals surface area (Å²) in [6, 6.07) is 8.77. The van der Waals surface area contributed by atoms with Gasteiger partial charge in [-0.25, -0.2) is 0 Å². The minimum absolute atomic E-state index is 0.101. The molecule has 1 aromatic rings. The molecule has 146 valence electrons. The summed E-state index contributed by atoms with van der Waals surface area (Å²) in [5.41, 5.74) is 3.06. The second-order valence-electron chi connectivity index (χ2n) is 8.25. The molecule has 0 saturated carbocycles. The highest BCUT2D eigenvalue weighted by molar-refractivity contribution is 5.81. The maximum absolute atomic E-state index is 11.7. The summed E-state index contributed by atoms with van der Waals surface area (Å²) in [6.45, 7) is 6.83. The summed E-state index contributed by atoms with van der Waals surface area (Å²) < 4.78 is 0. The molecule has 1 aromatic carbocycles. The third-order valence-corrected chi connectivity index (χ3v) is 6.29. The number of nitrogens with zero attached hydrogens (tertiary/aromatic N) is 3. The molecule has 6 heteroatoms. The Morgan fingerprint density at radius 2 is 2.15 bits per heavy atom. The molecule has 4 rings (SSSR count). The smallest absolute Gasteiger partial charge is 0.220 e. The summed E-state index contributed by atoms with van der Waals surface area (Å²) >= 11 is 0. The first-order valence-electron chi connectivity index (χ1n) is 10.2. The predicted molar refractivity (Wildman–Crippen MR) is 108 cm³/mol. The van der Waals surface area contributed by atoms with E-state index in [0.717, 1.165) is 71.0 Å². The highest BCUT2D eigenvalue weighted by Gasteiger charge is 2.42. The van der Waals surface area contributed by atoms with Crippen molar-refractivity contribution < 1.29 is 4.79 Å². The van der Waals surface area contributed by atoms with Crippen LogP contribution in [0.15, 0.2) is 29.3 Å². The van der Waals surface area contributed by atoms with Crippen molar-refractivity contribution in [3.63, 3.8) is 0 Å². The molecule has 6 nitrogen and oxygen atoms in total. The zero-order valence-electron chi connectivity index (χ0n) is 16.3. The van der Waals surface area contributed by atoms with Crippen molar-refractivity contribution in [2.45, 2.75) is 32.2 Å². The molecule has 2 saturated heterocycles. The van der Waals surface area contributed by atoms with Gasteiger partial charge in [-0.15, -0.1) is 0 Å². The topological polar surface area (TPSA) is 60.0 Å². The number of carbonyl (C=O) groups is 1. The molecule has 1 amide bonds. The van der Waals surface area contributed by atoms with Crippen LogP contribution in [0.5, 0.6) is 0 Å². The van der Waals surface area contributed by atoms with Gasteiger partial charge in [-0.2, -0.15) is 0 Å². The molecule has 1 unspecified atom stereocenters. The second-order valence-corrected chi connectivity index (χ2v) is 8.25. The van der Waals surface area contributed by atoms with Crippen LogP contribution >= 0.6 is 0 Å². The molecule has 2 fully saturated rings. The van der Waals surface area contributed by atoms with Crippen LogP contribution < -0.4 is 10.6 Å². The first-order chi connectivity index (χ1) is 13.2. The molecule has 3 aliphatic rings. The first kappa shape index (κ1) is 18.3. The van der Waals surface area contributed by atoms with E-state index in [4.69, 9.17) is 0 Å². The van der Waals surface area contributed by atoms with Crippen LogP contribution in [0.1, 0.15) is 30.4 Å². The van der Waals surface area contributed by atoms with Gasteiger partial charge in [-0.05, 0) is 30.4 Å².